The van der Waals surface area contributed by atoms with Gasteiger partial charge in [-0.2, -0.15) is 0 Å². The second kappa shape index (κ2) is 8.94. The highest BCUT2D eigenvalue weighted by molar-refractivity contribution is 5.96. The number of aromatic nitrogens is 4. The summed E-state index contributed by atoms with van der Waals surface area (Å²) < 4.78 is 3.28. The van der Waals surface area contributed by atoms with Crippen LogP contribution in [0.4, 0.5) is 11.5 Å². The quantitative estimate of drug-likeness (QED) is 0.439. The summed E-state index contributed by atoms with van der Waals surface area (Å²) in [5.41, 5.74) is 2.49. The average molecular weight is 455 g/mol. The summed E-state index contributed by atoms with van der Waals surface area (Å²) in [7, 11) is 1.70. The Balaban J connectivity index is 1.91. The number of hydrogen-bond donors (Lipinski definition) is 1. The number of nitrogens with one attached hydrogen (secondary N) is 1. The fraction of sp³-hybridized carbons (Fsp3) is 0.269. The predicted octanol–water partition coefficient (Wildman–Crippen LogP) is 4.77. The Labute approximate surface area is 197 Å². The van der Waals surface area contributed by atoms with Crippen LogP contribution < -0.4 is 16.4 Å². The third kappa shape index (κ3) is 4.08. The smallest absolute Gasteiger partial charge is 0.259 e. The minimum atomic E-state index is -0.296. The lowest BCUT2D eigenvalue weighted by atomic mass is 9.98. The third-order valence-corrected chi connectivity index (χ3v) is 5.83. The van der Waals surface area contributed by atoms with Crippen LogP contribution in [-0.2, 0) is 7.05 Å². The second-order valence-electron chi connectivity index (χ2n) is 8.60. The van der Waals surface area contributed by atoms with Gasteiger partial charge in [-0.05, 0) is 56.3 Å². The molecule has 1 aromatic carbocycles. The molecule has 4 aromatic rings. The fourth-order valence-corrected chi connectivity index (χ4v) is 4.19. The van der Waals surface area contributed by atoms with Gasteiger partial charge in [-0.15, -0.1) is 0 Å². The van der Waals surface area contributed by atoms with Gasteiger partial charge >= 0.3 is 0 Å². The van der Waals surface area contributed by atoms with Crippen LogP contribution in [0.3, 0.4) is 0 Å². The summed E-state index contributed by atoms with van der Waals surface area (Å²) in [4.78, 5) is 37.7. The second-order valence-corrected chi connectivity index (χ2v) is 8.60. The fourth-order valence-electron chi connectivity index (χ4n) is 4.19. The Bertz CT molecular complexity index is 1560. The molecule has 1 atom stereocenters. The van der Waals surface area contributed by atoms with Gasteiger partial charge < -0.3 is 14.5 Å². The molecule has 4 rings (SSSR count). The van der Waals surface area contributed by atoms with Crippen molar-refractivity contribution in [2.24, 2.45) is 7.05 Å². The Hall–Kier alpha value is -4.25. The lowest BCUT2D eigenvalue weighted by Gasteiger charge is -2.24. The zero-order valence-electron chi connectivity index (χ0n) is 19.8. The predicted molar refractivity (Wildman–Crippen MR) is 134 cm³/mol. The first-order valence-electron chi connectivity index (χ1n) is 11.0. The first-order valence-corrected chi connectivity index (χ1v) is 11.0. The first kappa shape index (κ1) is 22.9. The van der Waals surface area contributed by atoms with Crippen LogP contribution in [0, 0.1) is 13.5 Å². The monoisotopic (exact) mass is 454 g/mol. The van der Waals surface area contributed by atoms with E-state index in [9.17, 15) is 9.59 Å². The molecule has 8 heteroatoms. The molecule has 172 valence electrons. The maximum Gasteiger partial charge on any atom is 0.259 e. The van der Waals surface area contributed by atoms with Crippen LogP contribution in [0.1, 0.15) is 44.4 Å². The van der Waals surface area contributed by atoms with Crippen LogP contribution >= 0.6 is 0 Å². The Kier molecular flexibility index (Phi) is 6.03. The van der Waals surface area contributed by atoms with E-state index in [4.69, 9.17) is 6.57 Å². The minimum absolute atomic E-state index is 0.100. The molecule has 0 unspecified atom stereocenters. The van der Waals surface area contributed by atoms with E-state index in [0.29, 0.717) is 22.7 Å². The molecule has 3 heterocycles. The average Bonchev–Trinajstić information content (AvgIpc) is 2.80. The molecule has 34 heavy (non-hydrogen) atoms. The van der Waals surface area contributed by atoms with Gasteiger partial charge in [0.15, 0.2) is 0 Å². The van der Waals surface area contributed by atoms with E-state index < -0.39 is 0 Å². The molecule has 3 aromatic heterocycles. The number of rotatable bonds is 5. The van der Waals surface area contributed by atoms with Crippen molar-refractivity contribution < 1.29 is 0 Å². The molecular formula is C26H26N6O2. The Morgan fingerprint density at radius 2 is 1.88 bits per heavy atom. The van der Waals surface area contributed by atoms with Gasteiger partial charge in [0.25, 0.3) is 5.56 Å². The Morgan fingerprint density at radius 1 is 1.12 bits per heavy atom. The van der Waals surface area contributed by atoms with Crippen LogP contribution in [0.25, 0.3) is 26.7 Å². The van der Waals surface area contributed by atoms with Gasteiger partial charge in [0.05, 0.1) is 18.0 Å². The molecule has 1 N–H and O–H groups in total. The van der Waals surface area contributed by atoms with E-state index in [-0.39, 0.29) is 23.2 Å². The Morgan fingerprint density at radius 3 is 2.56 bits per heavy atom. The van der Waals surface area contributed by atoms with Gasteiger partial charge in [0.2, 0.25) is 11.2 Å². The van der Waals surface area contributed by atoms with Crippen molar-refractivity contribution in [2.75, 3.05) is 5.32 Å². The minimum Gasteiger partial charge on any atom is -0.371 e. The van der Waals surface area contributed by atoms with Crippen molar-refractivity contribution >= 4 is 22.3 Å². The van der Waals surface area contributed by atoms with Crippen molar-refractivity contribution in [3.8, 4) is 11.1 Å². The summed E-state index contributed by atoms with van der Waals surface area (Å²) in [5.74, 6) is 1.00. The first-order chi connectivity index (χ1) is 16.2. The van der Waals surface area contributed by atoms with Crippen LogP contribution in [-0.4, -0.2) is 19.1 Å². The summed E-state index contributed by atoms with van der Waals surface area (Å²) in [6, 6.07) is 10.6. The van der Waals surface area contributed by atoms with E-state index in [1.54, 1.807) is 30.8 Å². The number of aryl methyl sites for hydroxylation is 2. The SMILES string of the molecule is [C-]#[N+]c1cnc(C)nc1N[C@@H](C)c1cc2cccc(-c3ccc(=O)n(C)c3)c2c(=O)n1C(C)C. The molecule has 0 fully saturated rings. The lowest BCUT2D eigenvalue weighted by molar-refractivity contribution is 0.541. The summed E-state index contributed by atoms with van der Waals surface area (Å²) >= 11 is 0. The topological polar surface area (TPSA) is 86.2 Å². The number of anilines is 1. The molecule has 0 aliphatic rings. The molecule has 0 bridgehead atoms. The van der Waals surface area contributed by atoms with Gasteiger partial charge in [-0.3, -0.25) is 14.6 Å². The standard InChI is InChI=1S/C26H26N6O2/c1-15(2)32-22(16(3)29-25-21(27-5)13-28-17(4)30-25)12-18-8-7-9-20(24(18)26(32)34)19-10-11-23(33)31(6)14-19/h7-16H,1-4,6H3,(H,28,29,30)/t16-/m0/s1. The zero-order valence-corrected chi connectivity index (χ0v) is 19.8. The highest BCUT2D eigenvalue weighted by atomic mass is 16.1. The zero-order chi connectivity index (χ0) is 24.6. The van der Waals surface area contributed by atoms with Crippen molar-refractivity contribution in [3.63, 3.8) is 0 Å². The number of benzene rings is 1. The number of hydrogen-bond acceptors (Lipinski definition) is 5. The lowest BCUT2D eigenvalue weighted by Crippen LogP contribution is -2.28. The summed E-state index contributed by atoms with van der Waals surface area (Å²) in [6.07, 6.45) is 3.25. The molecule has 0 aliphatic heterocycles. The van der Waals surface area contributed by atoms with Crippen LogP contribution in [0.15, 0.2) is 58.4 Å². The van der Waals surface area contributed by atoms with Crippen molar-refractivity contribution in [1.82, 2.24) is 19.1 Å². The normalized spacial score (nSPS) is 12.0. The molecule has 8 nitrogen and oxygen atoms in total. The third-order valence-electron chi connectivity index (χ3n) is 5.83. The van der Waals surface area contributed by atoms with Crippen molar-refractivity contribution in [2.45, 2.75) is 39.8 Å². The van der Waals surface area contributed by atoms with Crippen LogP contribution in [0.2, 0.25) is 0 Å². The number of nitrogens with zero attached hydrogens (tertiary/aromatic N) is 5. The van der Waals surface area contributed by atoms with Crippen molar-refractivity contribution in [1.29, 1.82) is 0 Å². The highest BCUT2D eigenvalue weighted by Gasteiger charge is 2.20. The maximum absolute atomic E-state index is 13.9. The number of fused-ring (bicyclic) bond motifs is 1. The molecule has 0 saturated heterocycles. The van der Waals surface area contributed by atoms with Crippen molar-refractivity contribution in [3.05, 3.63) is 92.4 Å². The number of pyridine rings is 2. The molecule has 0 aliphatic carbocycles. The summed E-state index contributed by atoms with van der Waals surface area (Å²) in [6.45, 7) is 15.1. The van der Waals surface area contributed by atoms with Gasteiger partial charge in [-0.1, -0.05) is 18.2 Å². The van der Waals surface area contributed by atoms with E-state index in [1.165, 1.54) is 16.8 Å². The molecule has 0 spiro atoms. The molecule has 0 radical (unpaired) electrons. The van der Waals surface area contributed by atoms with E-state index in [2.05, 4.69) is 20.1 Å². The van der Waals surface area contributed by atoms with E-state index in [0.717, 1.165) is 22.2 Å². The molecule has 0 saturated carbocycles. The van der Waals surface area contributed by atoms with Gasteiger partial charge in [0, 0.05) is 37.2 Å². The van der Waals surface area contributed by atoms with Crippen LogP contribution in [0.5, 0.6) is 0 Å². The largest absolute Gasteiger partial charge is 0.371 e. The van der Waals surface area contributed by atoms with E-state index >= 15 is 0 Å². The maximum atomic E-state index is 13.9. The molecular weight excluding hydrogens is 428 g/mol. The van der Waals surface area contributed by atoms with Gasteiger partial charge in [-0.25, -0.2) is 9.83 Å². The van der Waals surface area contributed by atoms with E-state index in [1.807, 2.05) is 45.0 Å². The summed E-state index contributed by atoms with van der Waals surface area (Å²) in [5, 5.41) is 4.71. The highest BCUT2D eigenvalue weighted by Crippen LogP contribution is 2.31. The molecule has 0 amide bonds. The van der Waals surface area contributed by atoms with Gasteiger partial charge in [0.1, 0.15) is 11.6 Å².